The van der Waals surface area contributed by atoms with Crippen LogP contribution in [0, 0.1) is 11.5 Å². The summed E-state index contributed by atoms with van der Waals surface area (Å²) in [5.74, 6) is 4.04. The minimum atomic E-state index is -1.94. The predicted octanol–water partition coefficient (Wildman–Crippen LogP) is 6.01. The number of rotatable bonds is 11. The van der Waals surface area contributed by atoms with Gasteiger partial charge in [-0.2, -0.15) is 0 Å². The van der Waals surface area contributed by atoms with E-state index in [9.17, 15) is 5.11 Å². The van der Waals surface area contributed by atoms with Gasteiger partial charge in [-0.15, -0.1) is 11.5 Å². The molecule has 4 nitrogen and oxygen atoms in total. The van der Waals surface area contributed by atoms with E-state index < -0.39 is 22.5 Å². The van der Waals surface area contributed by atoms with Gasteiger partial charge in [-0.3, -0.25) is 0 Å². The Morgan fingerprint density at radius 2 is 1.65 bits per heavy atom. The molecule has 0 aliphatic carbocycles. The molecule has 0 unspecified atom stereocenters. The number of ether oxygens (including phenoxy) is 2. The van der Waals surface area contributed by atoms with Gasteiger partial charge in [-0.05, 0) is 48.7 Å². The fourth-order valence-corrected chi connectivity index (χ4v) is 4.80. The third kappa shape index (κ3) is 11.4. The van der Waals surface area contributed by atoms with Gasteiger partial charge < -0.3 is 19.0 Å². The Balaban J connectivity index is 2.67. The molecule has 31 heavy (non-hydrogen) atoms. The van der Waals surface area contributed by atoms with Crippen molar-refractivity contribution < 1.29 is 19.0 Å². The van der Waals surface area contributed by atoms with Gasteiger partial charge in [0.1, 0.15) is 13.8 Å². The molecule has 0 amide bonds. The maximum atomic E-state index is 10.6. The summed E-state index contributed by atoms with van der Waals surface area (Å²) in [6, 6.07) is 7.92. The number of benzene rings is 1. The second-order valence-corrected chi connectivity index (χ2v) is 20.3. The highest BCUT2D eigenvalue weighted by atomic mass is 28.4. The lowest BCUT2D eigenvalue weighted by molar-refractivity contribution is 0.0481. The average Bonchev–Trinajstić information content (AvgIpc) is 2.63. The Labute approximate surface area is 192 Å². The van der Waals surface area contributed by atoms with Gasteiger partial charge in [0, 0.05) is 19.1 Å². The molecule has 176 valence electrons. The Morgan fingerprint density at radius 1 is 1.03 bits per heavy atom. The molecule has 1 N–H and O–H groups in total. The molecule has 2 atom stereocenters. The van der Waals surface area contributed by atoms with Crippen molar-refractivity contribution in [3.63, 3.8) is 0 Å². The van der Waals surface area contributed by atoms with Crippen molar-refractivity contribution in [1.29, 1.82) is 0 Å². The van der Waals surface area contributed by atoms with Crippen molar-refractivity contribution in [1.82, 2.24) is 0 Å². The fraction of sp³-hybridized carbons (Fsp3) is 0.680. The fourth-order valence-electron chi connectivity index (χ4n) is 2.77. The lowest BCUT2D eigenvalue weighted by Gasteiger charge is -2.39. The quantitative estimate of drug-likeness (QED) is 0.247. The molecule has 0 bridgehead atoms. The summed E-state index contributed by atoms with van der Waals surface area (Å²) in [5, 5.41) is 10.7. The van der Waals surface area contributed by atoms with Crippen molar-refractivity contribution in [2.75, 3.05) is 13.7 Å². The molecule has 0 saturated carbocycles. The van der Waals surface area contributed by atoms with E-state index in [0.29, 0.717) is 26.1 Å². The molecule has 1 aromatic carbocycles. The van der Waals surface area contributed by atoms with Crippen LogP contribution in [-0.2, 0) is 15.8 Å². The average molecular weight is 465 g/mol. The first-order valence-corrected chi connectivity index (χ1v) is 17.7. The summed E-state index contributed by atoms with van der Waals surface area (Å²) >= 11 is 0. The van der Waals surface area contributed by atoms with Gasteiger partial charge >= 0.3 is 0 Å². The molecular weight excluding hydrogens is 420 g/mol. The van der Waals surface area contributed by atoms with Gasteiger partial charge in [0.15, 0.2) is 8.32 Å². The number of aliphatic hydroxyl groups is 1. The van der Waals surface area contributed by atoms with E-state index in [0.717, 1.165) is 17.7 Å². The lowest BCUT2D eigenvalue weighted by atomic mass is 10.1. The highest BCUT2D eigenvalue weighted by Gasteiger charge is 2.39. The zero-order valence-corrected chi connectivity index (χ0v) is 23.2. The van der Waals surface area contributed by atoms with Crippen LogP contribution in [0.2, 0.25) is 37.8 Å². The normalized spacial score (nSPS) is 14.5. The van der Waals surface area contributed by atoms with Crippen molar-refractivity contribution in [2.45, 2.75) is 96.6 Å². The molecule has 0 saturated heterocycles. The van der Waals surface area contributed by atoms with E-state index in [1.807, 2.05) is 24.3 Å². The van der Waals surface area contributed by atoms with Gasteiger partial charge in [0.05, 0.1) is 19.8 Å². The van der Waals surface area contributed by atoms with Crippen LogP contribution in [0.15, 0.2) is 24.3 Å². The van der Waals surface area contributed by atoms with Gasteiger partial charge in [-0.1, -0.05) is 52.5 Å². The van der Waals surface area contributed by atoms with Crippen LogP contribution in [0.25, 0.3) is 0 Å². The maximum Gasteiger partial charge on any atom is 0.192 e. The van der Waals surface area contributed by atoms with Gasteiger partial charge in [-0.25, -0.2) is 0 Å². The Kier molecular flexibility index (Phi) is 11.0. The molecule has 0 aromatic heterocycles. The largest absolute Gasteiger partial charge is 0.497 e. The summed E-state index contributed by atoms with van der Waals surface area (Å²) in [7, 11) is -1.69. The number of hydrogen-bond acceptors (Lipinski definition) is 4. The zero-order valence-electron chi connectivity index (χ0n) is 21.2. The molecule has 0 spiro atoms. The topological polar surface area (TPSA) is 47.9 Å². The molecule has 1 aromatic rings. The monoisotopic (exact) mass is 464 g/mol. The number of hydrogen-bond donors (Lipinski definition) is 1. The minimum absolute atomic E-state index is 0.0274. The van der Waals surface area contributed by atoms with E-state index >= 15 is 0 Å². The Bertz CT molecular complexity index is 706. The van der Waals surface area contributed by atoms with Crippen molar-refractivity contribution in [3.8, 4) is 17.2 Å². The third-order valence-corrected chi connectivity index (χ3v) is 11.1. The van der Waals surface area contributed by atoms with E-state index in [1.165, 1.54) is 0 Å². The van der Waals surface area contributed by atoms with Crippen LogP contribution in [0.4, 0.5) is 0 Å². The van der Waals surface area contributed by atoms with Crippen LogP contribution < -0.4 is 4.74 Å². The summed E-state index contributed by atoms with van der Waals surface area (Å²) in [5.41, 5.74) is 4.46. The molecule has 0 aliphatic rings. The lowest BCUT2D eigenvalue weighted by Crippen LogP contribution is -2.45. The Hall–Kier alpha value is -1.11. The molecule has 0 fully saturated rings. The smallest absolute Gasteiger partial charge is 0.192 e. The summed E-state index contributed by atoms with van der Waals surface area (Å²) in [6.07, 6.45) is 1.37. The van der Waals surface area contributed by atoms with Gasteiger partial charge in [0.25, 0.3) is 0 Å². The first-order valence-electron chi connectivity index (χ1n) is 11.3. The van der Waals surface area contributed by atoms with Crippen LogP contribution in [-0.4, -0.2) is 47.4 Å². The van der Waals surface area contributed by atoms with Crippen LogP contribution in [0.1, 0.15) is 45.6 Å². The van der Waals surface area contributed by atoms with Crippen molar-refractivity contribution in [2.24, 2.45) is 0 Å². The molecule has 6 heteroatoms. The SMILES string of the molecule is COc1ccc(COCC[C@@H](C[C@H](O)CC#C[Si](C)(C)C)O[Si](C)(C)C(C)(C)C)cc1. The summed E-state index contributed by atoms with van der Waals surface area (Å²) < 4.78 is 17.8. The number of methoxy groups -OCH3 is 1. The highest BCUT2D eigenvalue weighted by Crippen LogP contribution is 2.38. The first-order chi connectivity index (χ1) is 14.2. The van der Waals surface area contributed by atoms with Gasteiger partial charge in [0.2, 0.25) is 0 Å². The van der Waals surface area contributed by atoms with Crippen LogP contribution >= 0.6 is 0 Å². The van der Waals surface area contributed by atoms with Crippen LogP contribution in [0.5, 0.6) is 5.75 Å². The summed E-state index contributed by atoms with van der Waals surface area (Å²) in [4.78, 5) is 0. The first kappa shape index (κ1) is 27.9. The van der Waals surface area contributed by atoms with E-state index in [-0.39, 0.29) is 11.1 Å². The van der Waals surface area contributed by atoms with Crippen LogP contribution in [0.3, 0.4) is 0 Å². The molecule has 1 rings (SSSR count). The van der Waals surface area contributed by atoms with Crippen molar-refractivity contribution in [3.05, 3.63) is 29.8 Å². The molecular formula is C25H44O4Si2. The van der Waals surface area contributed by atoms with E-state index in [2.05, 4.69) is 65.0 Å². The standard InChI is InChI=1S/C25H44O4Si2/c1-25(2,3)31(8,9)29-24(19-22(26)11-10-18-30(5,6)7)16-17-28-20-21-12-14-23(27-4)15-13-21/h12-15,22,24,26H,11,16-17,19-20H2,1-9H3/t22-,24+/m1/s1. The molecule has 0 heterocycles. The zero-order chi connectivity index (χ0) is 23.7. The second-order valence-electron chi connectivity index (χ2n) is 10.8. The van der Waals surface area contributed by atoms with Crippen molar-refractivity contribution >= 4 is 16.4 Å². The Morgan fingerprint density at radius 3 is 2.16 bits per heavy atom. The maximum absolute atomic E-state index is 10.6. The molecule has 0 aliphatic heterocycles. The minimum Gasteiger partial charge on any atom is -0.497 e. The highest BCUT2D eigenvalue weighted by molar-refractivity contribution is 6.83. The predicted molar refractivity (Wildman–Crippen MR) is 136 cm³/mol. The third-order valence-electron chi connectivity index (χ3n) is 5.62. The van der Waals surface area contributed by atoms with E-state index in [1.54, 1.807) is 7.11 Å². The number of aliphatic hydroxyl groups excluding tert-OH is 1. The summed E-state index contributed by atoms with van der Waals surface area (Å²) in [6.45, 7) is 19.1. The second kappa shape index (κ2) is 12.2. The molecule has 0 radical (unpaired) electrons. The van der Waals surface area contributed by atoms with E-state index in [4.69, 9.17) is 13.9 Å².